The molecule has 1 unspecified atom stereocenters. The number of benzene rings is 3. The van der Waals surface area contributed by atoms with E-state index in [0.717, 1.165) is 41.8 Å². The van der Waals surface area contributed by atoms with Crippen LogP contribution in [-0.4, -0.2) is 77.8 Å². The standard InChI is InChI=1S/C30H32ClN5O2/c1-20-18-34(2)15-16-36(20)19-27(37)35(3)24-12-10-23(11-13-24)32-29(21-7-5-4-6-8-21)28-25-14-9-22(31)17-26(25)33-30(28)38/h4-14,17,20,33,38H,15-16,18-19H2,1-3H3. The minimum Gasteiger partial charge on any atom is -0.494 e. The zero-order valence-electron chi connectivity index (χ0n) is 21.9. The van der Waals surface area contributed by atoms with Crippen LogP contribution in [0.1, 0.15) is 18.1 Å². The average molecular weight is 530 g/mol. The minimum absolute atomic E-state index is 0.0324. The molecule has 38 heavy (non-hydrogen) atoms. The molecule has 1 aliphatic heterocycles. The number of aromatic hydroxyl groups is 1. The van der Waals surface area contributed by atoms with Gasteiger partial charge in [-0.3, -0.25) is 9.69 Å². The molecule has 8 heteroatoms. The van der Waals surface area contributed by atoms with E-state index in [0.29, 0.717) is 34.6 Å². The number of carbonyl (C=O) groups is 1. The van der Waals surface area contributed by atoms with E-state index in [4.69, 9.17) is 16.6 Å². The third kappa shape index (κ3) is 5.45. The van der Waals surface area contributed by atoms with Gasteiger partial charge in [0.05, 0.1) is 29.0 Å². The molecule has 0 aliphatic carbocycles. The molecule has 1 saturated heterocycles. The third-order valence-corrected chi connectivity index (χ3v) is 7.42. The van der Waals surface area contributed by atoms with Gasteiger partial charge >= 0.3 is 0 Å². The Morgan fingerprint density at radius 2 is 1.84 bits per heavy atom. The largest absolute Gasteiger partial charge is 0.494 e. The Kier molecular flexibility index (Phi) is 7.51. The minimum atomic E-state index is 0.0324. The number of nitrogens with zero attached hydrogens (tertiary/aromatic N) is 4. The van der Waals surface area contributed by atoms with E-state index >= 15 is 0 Å². The summed E-state index contributed by atoms with van der Waals surface area (Å²) in [5.74, 6) is 0.0926. The van der Waals surface area contributed by atoms with Crippen LogP contribution in [0, 0.1) is 0 Å². The molecule has 5 rings (SSSR count). The Hall–Kier alpha value is -3.65. The highest BCUT2D eigenvalue weighted by Crippen LogP contribution is 2.33. The number of anilines is 1. The highest BCUT2D eigenvalue weighted by atomic mass is 35.5. The zero-order valence-corrected chi connectivity index (χ0v) is 22.6. The summed E-state index contributed by atoms with van der Waals surface area (Å²) in [6.45, 7) is 5.39. The lowest BCUT2D eigenvalue weighted by Crippen LogP contribution is -2.53. The van der Waals surface area contributed by atoms with Crippen molar-refractivity contribution in [1.82, 2.24) is 14.8 Å². The van der Waals surface area contributed by atoms with Crippen LogP contribution in [0.3, 0.4) is 0 Å². The molecule has 7 nitrogen and oxygen atoms in total. The molecule has 1 aliphatic rings. The van der Waals surface area contributed by atoms with Gasteiger partial charge in [-0.15, -0.1) is 0 Å². The Balaban J connectivity index is 1.42. The zero-order chi connectivity index (χ0) is 26.8. The summed E-state index contributed by atoms with van der Waals surface area (Å²) >= 11 is 6.17. The fourth-order valence-electron chi connectivity index (χ4n) is 4.97. The average Bonchev–Trinajstić information content (AvgIpc) is 3.23. The van der Waals surface area contributed by atoms with Crippen LogP contribution in [0.2, 0.25) is 5.02 Å². The van der Waals surface area contributed by atoms with Crippen molar-refractivity contribution in [1.29, 1.82) is 0 Å². The van der Waals surface area contributed by atoms with Crippen LogP contribution in [0.5, 0.6) is 5.88 Å². The first-order chi connectivity index (χ1) is 18.3. The van der Waals surface area contributed by atoms with Gasteiger partial charge in [0.25, 0.3) is 0 Å². The molecule has 2 N–H and O–H groups in total. The predicted molar refractivity (Wildman–Crippen MR) is 155 cm³/mol. The number of aromatic nitrogens is 1. The van der Waals surface area contributed by atoms with Crippen molar-refractivity contribution in [3.05, 3.63) is 88.9 Å². The third-order valence-electron chi connectivity index (χ3n) is 7.18. The first kappa shape index (κ1) is 26.0. The lowest BCUT2D eigenvalue weighted by Gasteiger charge is -2.38. The molecule has 1 fully saturated rings. The first-order valence-electron chi connectivity index (χ1n) is 12.7. The van der Waals surface area contributed by atoms with Crippen molar-refractivity contribution in [3.8, 4) is 5.88 Å². The van der Waals surface area contributed by atoms with Gasteiger partial charge < -0.3 is 19.9 Å². The number of hydrogen-bond donors (Lipinski definition) is 2. The summed E-state index contributed by atoms with van der Waals surface area (Å²) in [7, 11) is 3.93. The van der Waals surface area contributed by atoms with Gasteiger partial charge in [0, 0.05) is 54.4 Å². The number of piperazine rings is 1. The van der Waals surface area contributed by atoms with Crippen LogP contribution >= 0.6 is 11.6 Å². The van der Waals surface area contributed by atoms with Crippen molar-refractivity contribution in [2.75, 3.05) is 45.2 Å². The summed E-state index contributed by atoms with van der Waals surface area (Å²) in [6, 6.07) is 23.2. The molecule has 1 amide bonds. The van der Waals surface area contributed by atoms with Gasteiger partial charge in [0.15, 0.2) is 5.88 Å². The molecule has 1 atom stereocenters. The van der Waals surface area contributed by atoms with E-state index in [-0.39, 0.29) is 11.8 Å². The van der Waals surface area contributed by atoms with Crippen molar-refractivity contribution in [3.63, 3.8) is 0 Å². The summed E-state index contributed by atoms with van der Waals surface area (Å²) < 4.78 is 0. The molecule has 4 aromatic rings. The number of aromatic amines is 1. The molecule has 3 aromatic carbocycles. The predicted octanol–water partition coefficient (Wildman–Crippen LogP) is 5.29. The van der Waals surface area contributed by atoms with Crippen molar-refractivity contribution < 1.29 is 9.90 Å². The molecule has 0 bridgehead atoms. The number of amides is 1. The lowest BCUT2D eigenvalue weighted by atomic mass is 10.0. The number of hydrogen-bond acceptors (Lipinski definition) is 5. The maximum atomic E-state index is 13.0. The molecule has 0 spiro atoms. The number of rotatable bonds is 6. The van der Waals surface area contributed by atoms with Gasteiger partial charge in [-0.2, -0.15) is 0 Å². The van der Waals surface area contributed by atoms with Crippen LogP contribution in [-0.2, 0) is 4.79 Å². The molecule has 2 heterocycles. The van der Waals surface area contributed by atoms with Gasteiger partial charge in [-0.1, -0.05) is 48.0 Å². The smallest absolute Gasteiger partial charge is 0.240 e. The SMILES string of the molecule is CC1CN(C)CCN1CC(=O)N(C)c1ccc(N=C(c2ccccc2)c2c(O)[nH]c3cc(Cl)ccc23)cc1. The van der Waals surface area contributed by atoms with E-state index in [9.17, 15) is 9.90 Å². The highest BCUT2D eigenvalue weighted by Gasteiger charge is 2.25. The van der Waals surface area contributed by atoms with Crippen LogP contribution in [0.4, 0.5) is 11.4 Å². The second kappa shape index (κ2) is 11.0. The van der Waals surface area contributed by atoms with Gasteiger partial charge in [-0.25, -0.2) is 4.99 Å². The number of likely N-dealkylation sites (N-methyl/N-ethyl adjacent to an activating group) is 2. The molecule has 0 saturated carbocycles. The Morgan fingerprint density at radius 3 is 2.55 bits per heavy atom. The van der Waals surface area contributed by atoms with Crippen molar-refractivity contribution >= 4 is 45.5 Å². The van der Waals surface area contributed by atoms with Crippen molar-refractivity contribution in [2.45, 2.75) is 13.0 Å². The fraction of sp³-hybridized carbons (Fsp3) is 0.267. The van der Waals surface area contributed by atoms with E-state index < -0.39 is 0 Å². The molecular weight excluding hydrogens is 498 g/mol. The van der Waals surface area contributed by atoms with Crippen molar-refractivity contribution in [2.24, 2.45) is 4.99 Å². The number of nitrogens with one attached hydrogen (secondary N) is 1. The van der Waals surface area contributed by atoms with Crippen LogP contribution in [0.15, 0.2) is 77.8 Å². The van der Waals surface area contributed by atoms with Gasteiger partial charge in [0.2, 0.25) is 5.91 Å². The van der Waals surface area contributed by atoms with Crippen LogP contribution < -0.4 is 4.90 Å². The second-order valence-electron chi connectivity index (χ2n) is 9.92. The van der Waals surface area contributed by atoms with E-state index in [1.165, 1.54) is 0 Å². The molecule has 196 valence electrons. The van der Waals surface area contributed by atoms with E-state index in [2.05, 4.69) is 28.8 Å². The normalized spacial score (nSPS) is 17.2. The summed E-state index contributed by atoms with van der Waals surface area (Å²) in [4.78, 5) is 27.2. The summed E-state index contributed by atoms with van der Waals surface area (Å²) in [5.41, 5.74) is 4.37. The van der Waals surface area contributed by atoms with Gasteiger partial charge in [-0.05, 0) is 50.4 Å². The number of halogens is 1. The maximum absolute atomic E-state index is 13.0. The number of H-pyrrole nitrogens is 1. The molecule has 0 radical (unpaired) electrons. The quantitative estimate of drug-likeness (QED) is 0.333. The highest BCUT2D eigenvalue weighted by molar-refractivity contribution is 6.31. The second-order valence-corrected chi connectivity index (χ2v) is 10.4. The molecule has 1 aromatic heterocycles. The first-order valence-corrected chi connectivity index (χ1v) is 13.1. The number of fused-ring (bicyclic) bond motifs is 1. The fourth-order valence-corrected chi connectivity index (χ4v) is 5.14. The molecular formula is C30H32ClN5O2. The Labute approximate surface area is 228 Å². The van der Waals surface area contributed by atoms with E-state index in [1.54, 1.807) is 17.0 Å². The number of aliphatic imine (C=N–C) groups is 1. The Bertz CT molecular complexity index is 1470. The summed E-state index contributed by atoms with van der Waals surface area (Å²) in [5, 5.41) is 12.3. The van der Waals surface area contributed by atoms with Gasteiger partial charge in [0.1, 0.15) is 0 Å². The summed E-state index contributed by atoms with van der Waals surface area (Å²) in [6.07, 6.45) is 0. The van der Waals surface area contributed by atoms with Crippen LogP contribution in [0.25, 0.3) is 10.9 Å². The monoisotopic (exact) mass is 529 g/mol. The lowest BCUT2D eigenvalue weighted by molar-refractivity contribution is -0.120. The maximum Gasteiger partial charge on any atom is 0.240 e. The van der Waals surface area contributed by atoms with E-state index in [1.807, 2.05) is 67.7 Å². The topological polar surface area (TPSA) is 75.2 Å². The number of carbonyl (C=O) groups excluding carboxylic acids is 1. The Morgan fingerprint density at radius 1 is 1.11 bits per heavy atom.